The number of carbonyl (C=O) groups excluding carboxylic acids is 1. The highest BCUT2D eigenvalue weighted by Gasteiger charge is 2.13. The zero-order chi connectivity index (χ0) is 16.4. The first-order chi connectivity index (χ1) is 11.0. The Bertz CT molecular complexity index is 855. The Kier molecular flexibility index (Phi) is 4.20. The van der Waals surface area contributed by atoms with Crippen molar-refractivity contribution < 1.29 is 9.18 Å². The number of thiazole rings is 1. The summed E-state index contributed by atoms with van der Waals surface area (Å²) in [7, 11) is 0. The molecule has 0 fully saturated rings. The van der Waals surface area contributed by atoms with Crippen LogP contribution in [-0.4, -0.2) is 20.7 Å². The van der Waals surface area contributed by atoms with Crippen LogP contribution in [0, 0.1) is 19.7 Å². The van der Waals surface area contributed by atoms with E-state index in [0.29, 0.717) is 11.5 Å². The number of carbonyl (C=O) groups is 1. The van der Waals surface area contributed by atoms with E-state index in [1.807, 2.05) is 13.8 Å². The molecule has 0 saturated carbocycles. The Morgan fingerprint density at radius 2 is 2.17 bits per heavy atom. The molecule has 0 saturated heterocycles. The molecule has 0 aliphatic heterocycles. The topological polar surface area (TPSA) is 59.8 Å². The van der Waals surface area contributed by atoms with Gasteiger partial charge in [-0.15, -0.1) is 11.3 Å². The van der Waals surface area contributed by atoms with Crippen molar-refractivity contribution in [2.45, 2.75) is 20.3 Å². The molecule has 0 radical (unpaired) electrons. The molecule has 2 heterocycles. The van der Waals surface area contributed by atoms with Crippen LogP contribution in [0.25, 0.3) is 5.69 Å². The first-order valence-corrected chi connectivity index (χ1v) is 7.87. The molecule has 0 bridgehead atoms. The lowest BCUT2D eigenvalue weighted by molar-refractivity contribution is -0.115. The summed E-state index contributed by atoms with van der Waals surface area (Å²) in [6, 6.07) is 7.70. The highest BCUT2D eigenvalue weighted by molar-refractivity contribution is 7.11. The van der Waals surface area contributed by atoms with Crippen molar-refractivity contribution in [1.29, 1.82) is 0 Å². The van der Waals surface area contributed by atoms with Gasteiger partial charge < -0.3 is 5.32 Å². The average Bonchev–Trinajstić information content (AvgIpc) is 3.06. The van der Waals surface area contributed by atoms with Crippen LogP contribution in [-0.2, 0) is 11.2 Å². The maximum absolute atomic E-state index is 13.4. The van der Waals surface area contributed by atoms with Gasteiger partial charge in [0.25, 0.3) is 0 Å². The second-order valence-electron chi connectivity index (χ2n) is 5.07. The van der Waals surface area contributed by atoms with Gasteiger partial charge >= 0.3 is 0 Å². The zero-order valence-corrected chi connectivity index (χ0v) is 13.5. The van der Waals surface area contributed by atoms with Crippen LogP contribution in [0.4, 0.5) is 10.2 Å². The van der Waals surface area contributed by atoms with Crippen LogP contribution in [0.15, 0.2) is 36.5 Å². The molecule has 1 aromatic carbocycles. The van der Waals surface area contributed by atoms with E-state index in [1.165, 1.54) is 16.8 Å². The van der Waals surface area contributed by atoms with Crippen molar-refractivity contribution in [3.8, 4) is 5.69 Å². The van der Waals surface area contributed by atoms with Crippen molar-refractivity contribution in [3.63, 3.8) is 0 Å². The number of nitrogens with zero attached hydrogens (tertiary/aromatic N) is 3. The monoisotopic (exact) mass is 330 g/mol. The third-order valence-electron chi connectivity index (χ3n) is 3.29. The first kappa shape index (κ1) is 15.4. The van der Waals surface area contributed by atoms with Gasteiger partial charge in [-0.05, 0) is 32.0 Å². The highest BCUT2D eigenvalue weighted by atomic mass is 32.1. The number of benzene rings is 1. The van der Waals surface area contributed by atoms with E-state index in [0.717, 1.165) is 15.6 Å². The second-order valence-corrected chi connectivity index (χ2v) is 6.48. The number of anilines is 1. The zero-order valence-electron chi connectivity index (χ0n) is 12.7. The molecule has 23 heavy (non-hydrogen) atoms. The van der Waals surface area contributed by atoms with Gasteiger partial charge in [-0.2, -0.15) is 5.10 Å². The van der Waals surface area contributed by atoms with E-state index in [4.69, 9.17) is 0 Å². The van der Waals surface area contributed by atoms with Crippen molar-refractivity contribution in [2.24, 2.45) is 0 Å². The molecule has 118 valence electrons. The van der Waals surface area contributed by atoms with E-state index in [-0.39, 0.29) is 18.1 Å². The minimum absolute atomic E-state index is 0.184. The normalized spacial score (nSPS) is 10.7. The SMILES string of the molecule is Cc1nc(CC(=O)Nc2ccnn2-c2cccc(F)c2)c(C)s1. The van der Waals surface area contributed by atoms with Gasteiger partial charge in [-0.3, -0.25) is 4.79 Å². The third-order valence-corrected chi connectivity index (χ3v) is 4.22. The fourth-order valence-corrected chi connectivity index (χ4v) is 3.12. The molecule has 1 amide bonds. The minimum atomic E-state index is -0.358. The molecule has 3 rings (SSSR count). The predicted octanol–water partition coefficient (Wildman–Crippen LogP) is 3.27. The van der Waals surface area contributed by atoms with Crippen LogP contribution >= 0.6 is 11.3 Å². The van der Waals surface area contributed by atoms with E-state index in [2.05, 4.69) is 15.4 Å². The summed E-state index contributed by atoms with van der Waals surface area (Å²) in [4.78, 5) is 17.6. The Balaban J connectivity index is 1.77. The minimum Gasteiger partial charge on any atom is -0.310 e. The molecule has 1 N–H and O–H groups in total. The highest BCUT2D eigenvalue weighted by Crippen LogP contribution is 2.19. The number of hydrogen-bond donors (Lipinski definition) is 1. The molecule has 0 spiro atoms. The molecule has 2 aromatic heterocycles. The Hall–Kier alpha value is -2.54. The average molecular weight is 330 g/mol. The molecule has 0 atom stereocenters. The second kappa shape index (κ2) is 6.29. The fourth-order valence-electron chi connectivity index (χ4n) is 2.29. The van der Waals surface area contributed by atoms with Crippen LogP contribution in [0.3, 0.4) is 0 Å². The largest absolute Gasteiger partial charge is 0.310 e. The Labute approximate surface area is 136 Å². The van der Waals surface area contributed by atoms with Gasteiger partial charge in [0, 0.05) is 10.9 Å². The van der Waals surface area contributed by atoms with Gasteiger partial charge in [0.15, 0.2) is 0 Å². The lowest BCUT2D eigenvalue weighted by atomic mass is 10.2. The van der Waals surface area contributed by atoms with E-state index in [1.54, 1.807) is 35.7 Å². The van der Waals surface area contributed by atoms with Crippen LogP contribution in [0.1, 0.15) is 15.6 Å². The van der Waals surface area contributed by atoms with Gasteiger partial charge in [0.05, 0.1) is 29.0 Å². The number of aromatic nitrogens is 3. The Morgan fingerprint density at radius 1 is 1.35 bits per heavy atom. The van der Waals surface area contributed by atoms with E-state index < -0.39 is 0 Å². The third kappa shape index (κ3) is 3.45. The van der Waals surface area contributed by atoms with Gasteiger partial charge in [-0.1, -0.05) is 6.07 Å². The number of hydrogen-bond acceptors (Lipinski definition) is 4. The van der Waals surface area contributed by atoms with E-state index in [9.17, 15) is 9.18 Å². The summed E-state index contributed by atoms with van der Waals surface area (Å²) in [6.07, 6.45) is 1.75. The standard InChI is InChI=1S/C16H15FN4OS/c1-10-14(19-11(2)23-10)9-16(22)20-15-6-7-18-21(15)13-5-3-4-12(17)8-13/h3-8H,9H2,1-2H3,(H,20,22). The molecular weight excluding hydrogens is 315 g/mol. The maximum Gasteiger partial charge on any atom is 0.231 e. The molecule has 7 heteroatoms. The van der Waals surface area contributed by atoms with Crippen molar-refractivity contribution >= 4 is 23.1 Å². The van der Waals surface area contributed by atoms with Crippen LogP contribution in [0.2, 0.25) is 0 Å². The number of halogens is 1. The molecule has 5 nitrogen and oxygen atoms in total. The Morgan fingerprint density at radius 3 is 2.87 bits per heavy atom. The fraction of sp³-hybridized carbons (Fsp3) is 0.188. The summed E-state index contributed by atoms with van der Waals surface area (Å²) >= 11 is 1.57. The quantitative estimate of drug-likeness (QED) is 0.799. The van der Waals surface area contributed by atoms with Gasteiger partial charge in [0.1, 0.15) is 11.6 Å². The summed E-state index contributed by atoms with van der Waals surface area (Å²) in [6.45, 7) is 3.86. The molecule has 0 unspecified atom stereocenters. The number of amides is 1. The lowest BCUT2D eigenvalue weighted by Crippen LogP contribution is -2.17. The van der Waals surface area contributed by atoms with E-state index >= 15 is 0 Å². The molecule has 0 aliphatic rings. The van der Waals surface area contributed by atoms with Gasteiger partial charge in [0.2, 0.25) is 5.91 Å². The smallest absolute Gasteiger partial charge is 0.231 e. The first-order valence-electron chi connectivity index (χ1n) is 7.05. The van der Waals surface area contributed by atoms with Crippen LogP contribution in [0.5, 0.6) is 0 Å². The summed E-state index contributed by atoms with van der Waals surface area (Å²) in [5, 5.41) is 7.87. The summed E-state index contributed by atoms with van der Waals surface area (Å²) < 4.78 is 14.8. The lowest BCUT2D eigenvalue weighted by Gasteiger charge is -2.09. The molecule has 3 aromatic rings. The van der Waals surface area contributed by atoms with Crippen molar-refractivity contribution in [1.82, 2.24) is 14.8 Å². The summed E-state index contributed by atoms with van der Waals surface area (Å²) in [5.74, 6) is -0.0504. The van der Waals surface area contributed by atoms with Crippen LogP contribution < -0.4 is 5.32 Å². The summed E-state index contributed by atoms with van der Waals surface area (Å²) in [5.41, 5.74) is 1.33. The van der Waals surface area contributed by atoms with Crippen molar-refractivity contribution in [2.75, 3.05) is 5.32 Å². The predicted molar refractivity (Wildman–Crippen MR) is 87.4 cm³/mol. The van der Waals surface area contributed by atoms with Crippen molar-refractivity contribution in [3.05, 3.63) is 57.9 Å². The number of nitrogens with one attached hydrogen (secondary N) is 1. The maximum atomic E-state index is 13.4. The number of aryl methyl sites for hydroxylation is 2. The van der Waals surface area contributed by atoms with Gasteiger partial charge in [-0.25, -0.2) is 14.1 Å². The number of rotatable bonds is 4. The molecular formula is C16H15FN4OS. The molecule has 0 aliphatic carbocycles.